The number of ether oxygens (including phenoxy) is 5. The zero-order chi connectivity index (χ0) is 35.8. The zero-order valence-corrected chi connectivity index (χ0v) is 29.4. The number of aliphatic hydroxyl groups is 1. The molecule has 3 amide bonds. The number of allylic oxidation sites excluding steroid dienone is 2. The molecule has 4 heterocycles. The highest BCUT2D eigenvalue weighted by molar-refractivity contribution is 5.88. The fraction of sp³-hybridized carbons (Fsp3) is 0.735. The third-order valence-electron chi connectivity index (χ3n) is 9.76. The molecule has 15 nitrogen and oxygen atoms in total. The number of amides is 3. The fourth-order valence-electron chi connectivity index (χ4n) is 6.59. The Hall–Kier alpha value is -3.46. The van der Waals surface area contributed by atoms with Gasteiger partial charge in [0.25, 0.3) is 0 Å². The first-order chi connectivity index (χ1) is 23.3. The van der Waals surface area contributed by atoms with Crippen LogP contribution in [-0.4, -0.2) is 116 Å². The van der Waals surface area contributed by atoms with Crippen molar-refractivity contribution in [3.05, 3.63) is 46.4 Å². The van der Waals surface area contributed by atoms with E-state index in [-0.39, 0.29) is 61.5 Å². The van der Waals surface area contributed by atoms with E-state index in [4.69, 9.17) is 29.2 Å². The molecule has 10 atom stereocenters. The maximum Gasteiger partial charge on any atom is 0.410 e. The van der Waals surface area contributed by atoms with Crippen molar-refractivity contribution in [1.82, 2.24) is 15.5 Å². The Morgan fingerprint density at radius 2 is 2.02 bits per heavy atom. The minimum Gasteiger partial charge on any atom is -0.442 e. The molecule has 4 rings (SSSR count). The smallest absolute Gasteiger partial charge is 0.410 e. The molecule has 15 heteroatoms. The van der Waals surface area contributed by atoms with Crippen LogP contribution in [0.3, 0.4) is 0 Å². The molecule has 272 valence electrons. The van der Waals surface area contributed by atoms with Crippen LogP contribution in [0.25, 0.3) is 10.4 Å². The lowest BCUT2D eigenvalue weighted by Crippen LogP contribution is -2.55. The predicted molar refractivity (Wildman–Crippen MR) is 179 cm³/mol. The van der Waals surface area contributed by atoms with E-state index in [1.54, 1.807) is 14.0 Å². The molecular weight excluding hydrogens is 636 g/mol. The third kappa shape index (κ3) is 10.5. The van der Waals surface area contributed by atoms with E-state index >= 15 is 0 Å². The summed E-state index contributed by atoms with van der Waals surface area (Å²) in [5, 5.41) is 19.9. The Balaban J connectivity index is 1.18. The lowest BCUT2D eigenvalue weighted by molar-refractivity contribution is -0.284. The maximum absolute atomic E-state index is 12.7. The Bertz CT molecular complexity index is 1330. The van der Waals surface area contributed by atoms with E-state index in [1.807, 2.05) is 32.9 Å². The highest BCUT2D eigenvalue weighted by Crippen LogP contribution is 2.46. The number of aliphatic hydroxyl groups excluding tert-OH is 1. The number of azide groups is 1. The summed E-state index contributed by atoms with van der Waals surface area (Å²) in [6.45, 7) is 11.1. The van der Waals surface area contributed by atoms with Gasteiger partial charge in [-0.1, -0.05) is 35.8 Å². The van der Waals surface area contributed by atoms with Gasteiger partial charge in [0.1, 0.15) is 23.9 Å². The summed E-state index contributed by atoms with van der Waals surface area (Å²) in [5.41, 5.74) is 8.73. The van der Waals surface area contributed by atoms with Crippen LogP contribution >= 0.6 is 0 Å². The first-order valence-corrected chi connectivity index (χ1v) is 17.1. The van der Waals surface area contributed by atoms with Crippen LogP contribution in [-0.2, 0) is 33.3 Å². The van der Waals surface area contributed by atoms with Crippen molar-refractivity contribution < 1.29 is 43.2 Å². The molecule has 0 radical (unpaired) electrons. The summed E-state index contributed by atoms with van der Waals surface area (Å²) in [4.78, 5) is 41.7. The Morgan fingerprint density at radius 3 is 2.71 bits per heavy atom. The van der Waals surface area contributed by atoms with Gasteiger partial charge >= 0.3 is 6.09 Å². The number of carbonyl (C=O) groups excluding carboxylic acids is 3. The lowest BCUT2D eigenvalue weighted by Gasteiger charge is -2.42. The van der Waals surface area contributed by atoms with E-state index in [1.165, 1.54) is 17.1 Å². The molecular formula is C34H52N6O9. The number of nitrogens with one attached hydrogen (secondary N) is 2. The van der Waals surface area contributed by atoms with E-state index in [0.29, 0.717) is 32.4 Å². The molecule has 4 fully saturated rings. The maximum atomic E-state index is 12.7. The van der Waals surface area contributed by atoms with Crippen molar-refractivity contribution >= 4 is 17.9 Å². The van der Waals surface area contributed by atoms with Gasteiger partial charge in [-0.15, -0.1) is 0 Å². The number of hydrogen-bond acceptors (Lipinski definition) is 10. The van der Waals surface area contributed by atoms with Gasteiger partial charge in [-0.2, -0.15) is 0 Å². The highest BCUT2D eigenvalue weighted by atomic mass is 16.7. The molecule has 4 saturated heterocycles. The monoisotopic (exact) mass is 688 g/mol. The van der Waals surface area contributed by atoms with Crippen molar-refractivity contribution in [3.8, 4) is 0 Å². The van der Waals surface area contributed by atoms with Crippen LogP contribution in [0.4, 0.5) is 4.79 Å². The van der Waals surface area contributed by atoms with Crippen molar-refractivity contribution in [1.29, 1.82) is 0 Å². The van der Waals surface area contributed by atoms with Gasteiger partial charge in [0.2, 0.25) is 11.8 Å². The third-order valence-corrected chi connectivity index (χ3v) is 9.76. The second kappa shape index (κ2) is 17.0. The van der Waals surface area contributed by atoms with E-state index < -0.39 is 35.8 Å². The van der Waals surface area contributed by atoms with E-state index in [9.17, 15) is 19.5 Å². The molecule has 0 aromatic rings. The Labute approximate surface area is 288 Å². The second-order valence-corrected chi connectivity index (χ2v) is 13.8. The van der Waals surface area contributed by atoms with Crippen molar-refractivity contribution in [2.75, 3.05) is 39.9 Å². The van der Waals surface area contributed by atoms with Gasteiger partial charge in [0.15, 0.2) is 5.79 Å². The quantitative estimate of drug-likeness (QED) is 0.0495. The van der Waals surface area contributed by atoms with Crippen molar-refractivity contribution in [2.45, 2.75) is 108 Å². The summed E-state index contributed by atoms with van der Waals surface area (Å²) in [6.07, 6.45) is 8.47. The number of nitrogens with zero attached hydrogens (tertiary/aromatic N) is 4. The van der Waals surface area contributed by atoms with Crippen LogP contribution in [0.1, 0.15) is 60.3 Å². The SMILES string of the molecule is CO[C@@]1(C)C[C@@]2(CO2)[C@H](O)C(/C=C/C(C)=C/C[C@@H]2O[C@H](C)[C@H](NC(=O)/C=C\[C@H](C)OC(=O)N3CC[C@H](C(=O)NCCN=[N+]=[N-])C3)C[C@@H]2C)O1. The topological polar surface area (TPSA) is 197 Å². The molecule has 0 bridgehead atoms. The molecule has 4 aliphatic rings. The Kier molecular flexibility index (Phi) is 13.3. The summed E-state index contributed by atoms with van der Waals surface area (Å²) in [6, 6.07) is -0.178. The molecule has 49 heavy (non-hydrogen) atoms. The number of methoxy groups -OCH3 is 1. The first kappa shape index (κ1) is 38.3. The number of hydrogen-bond donors (Lipinski definition) is 3. The van der Waals surface area contributed by atoms with Crippen LogP contribution in [0, 0.1) is 11.8 Å². The molecule has 0 saturated carbocycles. The summed E-state index contributed by atoms with van der Waals surface area (Å²) in [5.74, 6) is -1.49. The number of carbonyl (C=O) groups is 3. The van der Waals surface area contributed by atoms with Gasteiger partial charge in [-0.25, -0.2) is 4.79 Å². The van der Waals surface area contributed by atoms with Gasteiger partial charge in [0, 0.05) is 50.7 Å². The summed E-state index contributed by atoms with van der Waals surface area (Å²) in [7, 11) is 1.59. The Morgan fingerprint density at radius 1 is 1.27 bits per heavy atom. The van der Waals surface area contributed by atoms with E-state index in [2.05, 4.69) is 33.7 Å². The minimum atomic E-state index is -0.825. The van der Waals surface area contributed by atoms with Crippen LogP contribution < -0.4 is 10.6 Å². The molecule has 0 aromatic heterocycles. The van der Waals surface area contributed by atoms with Crippen molar-refractivity contribution in [2.24, 2.45) is 17.0 Å². The molecule has 1 spiro atoms. The summed E-state index contributed by atoms with van der Waals surface area (Å²) < 4.78 is 29.0. The predicted octanol–water partition coefficient (Wildman–Crippen LogP) is 3.29. The average molecular weight is 689 g/mol. The second-order valence-electron chi connectivity index (χ2n) is 13.8. The highest BCUT2D eigenvalue weighted by Gasteiger charge is 2.61. The molecule has 1 unspecified atom stereocenters. The van der Waals surface area contributed by atoms with Gasteiger partial charge in [-0.05, 0) is 64.5 Å². The van der Waals surface area contributed by atoms with Crippen molar-refractivity contribution in [3.63, 3.8) is 0 Å². The molecule has 0 aliphatic carbocycles. The number of likely N-dealkylation sites (tertiary alicyclic amines) is 1. The molecule has 0 aromatic carbocycles. The average Bonchev–Trinajstić information content (AvgIpc) is 3.64. The normalized spacial score (nSPS) is 35.3. The molecule has 4 aliphatic heterocycles. The lowest BCUT2D eigenvalue weighted by atomic mass is 9.87. The van der Waals surface area contributed by atoms with Gasteiger partial charge in [0.05, 0.1) is 30.8 Å². The fourth-order valence-corrected chi connectivity index (χ4v) is 6.59. The molecule has 3 N–H and O–H groups in total. The standard InChI is InChI=1S/C34H52N6O9/c1-21(8-11-28-30(42)34(20-46-34)19-33(5,45-6)49-28)7-10-27-22(2)17-26(24(4)48-27)38-29(41)12-9-23(3)47-32(44)40-16-13-25(18-40)31(43)36-14-15-37-39-35/h7-9,11-12,22-28,30,42H,10,13-20H2,1-6H3,(H,36,43)(H,38,41)/b11-8+,12-9-,21-7+/t22-,23-,24+,25-,26+,27-,28?,30+,33+,34+/m0/s1. The largest absolute Gasteiger partial charge is 0.442 e. The van der Waals surface area contributed by atoms with Gasteiger partial charge in [-0.3, -0.25) is 9.59 Å². The zero-order valence-electron chi connectivity index (χ0n) is 29.4. The van der Waals surface area contributed by atoms with Gasteiger partial charge < -0.3 is 44.3 Å². The summed E-state index contributed by atoms with van der Waals surface area (Å²) >= 11 is 0. The van der Waals surface area contributed by atoms with Crippen LogP contribution in [0.5, 0.6) is 0 Å². The number of epoxide rings is 1. The number of rotatable bonds is 13. The van der Waals surface area contributed by atoms with E-state index in [0.717, 1.165) is 12.0 Å². The minimum absolute atomic E-state index is 0.0214. The van der Waals surface area contributed by atoms with Crippen LogP contribution in [0.15, 0.2) is 41.1 Å². The first-order valence-electron chi connectivity index (χ1n) is 17.1. The van der Waals surface area contributed by atoms with Crippen LogP contribution in [0.2, 0.25) is 0 Å².